The van der Waals surface area contributed by atoms with Crippen molar-refractivity contribution in [3.63, 3.8) is 0 Å². The Labute approximate surface area is 543 Å². The number of hydrogen-bond acceptors (Lipinski definition) is 10. The van der Waals surface area contributed by atoms with Gasteiger partial charge in [-0.05, 0) is 70.6 Å². The molecule has 1 aliphatic heterocycles. The molecule has 88 heavy (non-hydrogen) atoms. The van der Waals surface area contributed by atoms with E-state index in [9.17, 15) is 35.1 Å². The molecule has 0 spiro atoms. The zero-order valence-corrected chi connectivity index (χ0v) is 57.7. The van der Waals surface area contributed by atoms with Crippen LogP contribution in [0.5, 0.6) is 0 Å². The second kappa shape index (κ2) is 66.3. The van der Waals surface area contributed by atoms with Crippen LogP contribution in [0.2, 0.25) is 0 Å². The molecular formula is C77H145NO10. The maximum atomic E-state index is 13.0. The van der Waals surface area contributed by atoms with E-state index in [2.05, 4.69) is 43.5 Å². The highest BCUT2D eigenvalue weighted by atomic mass is 16.7. The van der Waals surface area contributed by atoms with E-state index in [1.165, 1.54) is 302 Å². The van der Waals surface area contributed by atoms with Gasteiger partial charge in [0.05, 0.1) is 32.0 Å². The molecule has 0 aromatic carbocycles. The number of nitrogens with one attached hydrogen (secondary N) is 1. The van der Waals surface area contributed by atoms with Crippen LogP contribution in [0, 0.1) is 0 Å². The van der Waals surface area contributed by atoms with Crippen molar-refractivity contribution in [2.75, 3.05) is 19.8 Å². The molecule has 1 rings (SSSR count). The minimum Gasteiger partial charge on any atom is -0.466 e. The van der Waals surface area contributed by atoms with Crippen LogP contribution >= 0.6 is 0 Å². The van der Waals surface area contributed by atoms with Crippen molar-refractivity contribution in [1.29, 1.82) is 0 Å². The Balaban J connectivity index is 1.86. The number of carbonyl (C=O) groups excluding carboxylic acids is 2. The van der Waals surface area contributed by atoms with Crippen LogP contribution < -0.4 is 5.32 Å². The van der Waals surface area contributed by atoms with Crippen molar-refractivity contribution in [2.24, 2.45) is 0 Å². The third-order valence-electron chi connectivity index (χ3n) is 18.2. The lowest BCUT2D eigenvalue weighted by Crippen LogP contribution is -2.60. The highest BCUT2D eigenvalue weighted by Gasteiger charge is 2.44. The predicted octanol–water partition coefficient (Wildman–Crippen LogP) is 20.1. The number of rotatable bonds is 68. The Hall–Kier alpha value is -2.12. The summed E-state index contributed by atoms with van der Waals surface area (Å²) >= 11 is 0. The van der Waals surface area contributed by atoms with Gasteiger partial charge in [-0.3, -0.25) is 9.59 Å². The van der Waals surface area contributed by atoms with E-state index >= 15 is 0 Å². The van der Waals surface area contributed by atoms with Gasteiger partial charge in [0, 0.05) is 12.8 Å². The first-order chi connectivity index (χ1) is 43.2. The summed E-state index contributed by atoms with van der Waals surface area (Å²) < 4.78 is 16.7. The van der Waals surface area contributed by atoms with Crippen LogP contribution in [0.25, 0.3) is 0 Å². The molecule has 0 aromatic rings. The summed E-state index contributed by atoms with van der Waals surface area (Å²) in [5.41, 5.74) is 0. The molecule has 7 atom stereocenters. The van der Waals surface area contributed by atoms with E-state index in [1.807, 2.05) is 6.08 Å². The number of ether oxygens (including phenoxy) is 3. The van der Waals surface area contributed by atoms with Gasteiger partial charge in [-0.25, -0.2) is 0 Å². The number of hydrogen-bond donors (Lipinski definition) is 6. The minimum atomic E-state index is -1.57. The summed E-state index contributed by atoms with van der Waals surface area (Å²) in [5, 5.41) is 54.3. The fourth-order valence-electron chi connectivity index (χ4n) is 12.2. The number of allylic oxidation sites excluding steroid dienone is 5. The molecular weight excluding hydrogens is 1100 g/mol. The lowest BCUT2D eigenvalue weighted by atomic mass is 9.99. The molecule has 0 aliphatic carbocycles. The average molecular weight is 1250 g/mol. The summed E-state index contributed by atoms with van der Waals surface area (Å²) in [6.07, 6.45) is 76.3. The van der Waals surface area contributed by atoms with Crippen molar-refractivity contribution in [1.82, 2.24) is 5.32 Å². The Morgan fingerprint density at radius 1 is 0.409 bits per heavy atom. The van der Waals surface area contributed by atoms with Gasteiger partial charge in [-0.1, -0.05) is 333 Å². The molecule has 1 saturated heterocycles. The molecule has 1 amide bonds. The lowest BCUT2D eigenvalue weighted by Gasteiger charge is -2.40. The van der Waals surface area contributed by atoms with Crippen LogP contribution in [-0.4, -0.2) is 100 Å². The topological polar surface area (TPSA) is 175 Å². The molecule has 1 heterocycles. The average Bonchev–Trinajstić information content (AvgIpc) is 2.69. The Kier molecular flexibility index (Phi) is 63.2. The first-order valence-electron chi connectivity index (χ1n) is 38.3. The SMILES string of the molecule is CCCCC/C=C/CC/C=C/C(O)C(COC1OC(CO)C(O)C(O)C1O)NC(=O)CCCCCCCCCCCCCCCCCCC/C=C\CCCCCCCCCCCCCCCCCCCCOC(=O)CCCCCCCCCCCCCC. The van der Waals surface area contributed by atoms with Crippen molar-refractivity contribution >= 4 is 11.9 Å². The van der Waals surface area contributed by atoms with Crippen molar-refractivity contribution in [3.8, 4) is 0 Å². The zero-order chi connectivity index (χ0) is 63.7. The Bertz CT molecular complexity index is 1560. The highest BCUT2D eigenvalue weighted by Crippen LogP contribution is 2.24. The van der Waals surface area contributed by atoms with E-state index in [-0.39, 0.29) is 18.5 Å². The molecule has 0 aromatic heterocycles. The van der Waals surface area contributed by atoms with E-state index in [0.717, 1.165) is 51.4 Å². The number of aliphatic hydroxyl groups is 5. The lowest BCUT2D eigenvalue weighted by molar-refractivity contribution is -0.302. The van der Waals surface area contributed by atoms with Gasteiger partial charge < -0.3 is 45.1 Å². The standard InChI is InChI=1S/C77H145NO10/c1-3-5-7-9-11-13-14-45-49-53-57-61-65-73(82)86-66-62-58-54-50-46-43-41-39-37-35-33-31-29-27-25-23-21-19-17-15-16-18-20-22-24-26-28-30-32-34-36-38-40-42-44-48-52-56-60-64-72(81)78-69(70(80)63-59-55-51-47-12-10-8-6-4-2)68-87-77-76(85)75(84)74(83)71(67-79)88-77/h12,15-16,47,59,63,69-71,74-77,79-80,83-85H,3-11,13-14,17-46,48-58,60-62,64-68H2,1-2H3,(H,78,81)/b16-15-,47-12+,63-59+. The fourth-order valence-corrected chi connectivity index (χ4v) is 12.2. The second-order valence-electron chi connectivity index (χ2n) is 26.7. The first kappa shape index (κ1) is 83.9. The molecule has 518 valence electrons. The van der Waals surface area contributed by atoms with E-state index in [4.69, 9.17) is 14.2 Å². The quantitative estimate of drug-likeness (QED) is 0.0195. The maximum absolute atomic E-state index is 13.0. The van der Waals surface area contributed by atoms with Crippen molar-refractivity contribution < 1.29 is 49.3 Å². The van der Waals surface area contributed by atoms with Gasteiger partial charge in [0.15, 0.2) is 6.29 Å². The molecule has 0 radical (unpaired) electrons. The predicted molar refractivity (Wildman–Crippen MR) is 371 cm³/mol. The van der Waals surface area contributed by atoms with E-state index in [0.29, 0.717) is 19.4 Å². The number of unbranched alkanes of at least 4 members (excludes halogenated alkanes) is 50. The van der Waals surface area contributed by atoms with Gasteiger partial charge in [0.25, 0.3) is 0 Å². The van der Waals surface area contributed by atoms with Crippen LogP contribution in [-0.2, 0) is 23.8 Å². The molecule has 1 aliphatic rings. The fraction of sp³-hybridized carbons (Fsp3) is 0.896. The Morgan fingerprint density at radius 2 is 0.739 bits per heavy atom. The van der Waals surface area contributed by atoms with Gasteiger partial charge in [-0.2, -0.15) is 0 Å². The molecule has 6 N–H and O–H groups in total. The summed E-state index contributed by atoms with van der Waals surface area (Å²) in [6.45, 7) is 4.32. The highest BCUT2D eigenvalue weighted by molar-refractivity contribution is 5.76. The molecule has 1 fully saturated rings. The number of amides is 1. The third kappa shape index (κ3) is 54.4. The summed E-state index contributed by atoms with van der Waals surface area (Å²) in [6, 6.07) is -0.823. The number of esters is 1. The monoisotopic (exact) mass is 1240 g/mol. The molecule has 11 heteroatoms. The zero-order valence-electron chi connectivity index (χ0n) is 57.7. The summed E-state index contributed by atoms with van der Waals surface area (Å²) in [4.78, 5) is 25.1. The van der Waals surface area contributed by atoms with Crippen molar-refractivity contribution in [2.45, 2.75) is 423 Å². The van der Waals surface area contributed by atoms with Gasteiger partial charge in [0.1, 0.15) is 24.4 Å². The molecule has 0 bridgehead atoms. The van der Waals surface area contributed by atoms with E-state index < -0.39 is 49.5 Å². The van der Waals surface area contributed by atoms with Crippen LogP contribution in [0.4, 0.5) is 0 Å². The van der Waals surface area contributed by atoms with Gasteiger partial charge in [-0.15, -0.1) is 0 Å². The number of aliphatic hydroxyl groups excluding tert-OH is 5. The Morgan fingerprint density at radius 3 is 1.15 bits per heavy atom. The maximum Gasteiger partial charge on any atom is 0.305 e. The van der Waals surface area contributed by atoms with Crippen LogP contribution in [0.15, 0.2) is 36.5 Å². The van der Waals surface area contributed by atoms with Gasteiger partial charge >= 0.3 is 5.97 Å². The number of carbonyl (C=O) groups is 2. The van der Waals surface area contributed by atoms with E-state index in [1.54, 1.807) is 6.08 Å². The molecule has 0 saturated carbocycles. The first-order valence-corrected chi connectivity index (χ1v) is 38.3. The second-order valence-corrected chi connectivity index (χ2v) is 26.7. The third-order valence-corrected chi connectivity index (χ3v) is 18.2. The van der Waals surface area contributed by atoms with Gasteiger partial charge in [0.2, 0.25) is 5.91 Å². The summed E-state index contributed by atoms with van der Waals surface area (Å²) in [5.74, 6) is -0.171. The largest absolute Gasteiger partial charge is 0.466 e. The summed E-state index contributed by atoms with van der Waals surface area (Å²) in [7, 11) is 0. The molecule has 7 unspecified atom stereocenters. The molecule has 11 nitrogen and oxygen atoms in total. The van der Waals surface area contributed by atoms with Crippen molar-refractivity contribution in [3.05, 3.63) is 36.5 Å². The van der Waals surface area contributed by atoms with Crippen LogP contribution in [0.1, 0.15) is 380 Å². The smallest absolute Gasteiger partial charge is 0.305 e. The minimum absolute atomic E-state index is 0.0177. The van der Waals surface area contributed by atoms with Crippen LogP contribution in [0.3, 0.4) is 0 Å². The normalized spacial score (nSPS) is 17.9.